The van der Waals surface area contributed by atoms with Gasteiger partial charge in [-0.3, -0.25) is 10.1 Å². The van der Waals surface area contributed by atoms with Gasteiger partial charge in [0, 0.05) is 18.2 Å². The van der Waals surface area contributed by atoms with Crippen molar-refractivity contribution >= 4 is 21.6 Å². The number of ether oxygens (including phenoxy) is 1. The average molecular weight is 323 g/mol. The molecule has 0 aromatic heterocycles. The zero-order valence-electron chi connectivity index (χ0n) is 9.88. The molecule has 0 unspecified atom stereocenters. The fourth-order valence-corrected chi connectivity index (χ4v) is 2.06. The lowest BCUT2D eigenvalue weighted by atomic mass is 10.2. The van der Waals surface area contributed by atoms with Crippen LogP contribution in [-0.2, 0) is 6.54 Å². The summed E-state index contributed by atoms with van der Waals surface area (Å²) in [6.45, 7) is 0.300. The number of rotatable bonds is 4. The van der Waals surface area contributed by atoms with E-state index in [9.17, 15) is 10.1 Å². The second-order valence-corrected chi connectivity index (χ2v) is 4.61. The summed E-state index contributed by atoms with van der Waals surface area (Å²) in [6, 6.07) is 11.8. The van der Waals surface area contributed by atoms with E-state index in [0.29, 0.717) is 16.8 Å². The van der Waals surface area contributed by atoms with Gasteiger partial charge in [0.15, 0.2) is 0 Å². The molecule has 2 rings (SSSR count). The number of benzene rings is 2. The monoisotopic (exact) mass is 322 g/mol. The highest BCUT2D eigenvalue weighted by Gasteiger charge is 2.19. The van der Waals surface area contributed by atoms with Crippen molar-refractivity contribution in [1.29, 1.82) is 0 Å². The standard InChI is InChI=1S/C13H11BrN2O3/c14-10-5-3-6-11(16(17)18)13(10)19-12-7-2-1-4-9(12)8-15/h1-7H,8,15H2. The van der Waals surface area contributed by atoms with Gasteiger partial charge < -0.3 is 10.5 Å². The molecule has 0 atom stereocenters. The first-order valence-electron chi connectivity index (χ1n) is 5.52. The van der Waals surface area contributed by atoms with Crippen LogP contribution in [0.1, 0.15) is 5.56 Å². The molecule has 0 fully saturated rings. The largest absolute Gasteiger partial charge is 0.449 e. The number of nitrogens with two attached hydrogens (primary N) is 1. The zero-order valence-corrected chi connectivity index (χ0v) is 11.5. The Labute approximate surface area is 118 Å². The smallest absolute Gasteiger partial charge is 0.312 e. The maximum atomic E-state index is 11.0. The van der Waals surface area contributed by atoms with Crippen LogP contribution >= 0.6 is 15.9 Å². The molecular formula is C13H11BrN2O3. The van der Waals surface area contributed by atoms with E-state index >= 15 is 0 Å². The van der Waals surface area contributed by atoms with Crippen molar-refractivity contribution in [3.05, 3.63) is 62.6 Å². The van der Waals surface area contributed by atoms with Gasteiger partial charge in [-0.2, -0.15) is 0 Å². The molecule has 5 nitrogen and oxygen atoms in total. The number of nitro benzene ring substituents is 1. The Kier molecular flexibility index (Phi) is 4.13. The van der Waals surface area contributed by atoms with E-state index in [2.05, 4.69) is 15.9 Å². The van der Waals surface area contributed by atoms with E-state index in [-0.39, 0.29) is 11.4 Å². The van der Waals surface area contributed by atoms with Crippen LogP contribution in [0.25, 0.3) is 0 Å². The maximum absolute atomic E-state index is 11.0. The third-order valence-electron chi connectivity index (χ3n) is 2.55. The van der Waals surface area contributed by atoms with Gasteiger partial charge in [0.05, 0.1) is 9.40 Å². The third kappa shape index (κ3) is 2.91. The Hall–Kier alpha value is -1.92. The second kappa shape index (κ2) is 5.81. The molecule has 19 heavy (non-hydrogen) atoms. The van der Waals surface area contributed by atoms with Gasteiger partial charge in [0.25, 0.3) is 0 Å². The molecule has 0 radical (unpaired) electrons. The first-order valence-corrected chi connectivity index (χ1v) is 6.31. The molecule has 2 aromatic carbocycles. The van der Waals surface area contributed by atoms with Crippen LogP contribution in [-0.4, -0.2) is 4.92 Å². The van der Waals surface area contributed by atoms with E-state index in [0.717, 1.165) is 5.56 Å². The molecule has 0 saturated heterocycles. The summed E-state index contributed by atoms with van der Waals surface area (Å²) in [5.41, 5.74) is 6.30. The molecule has 0 spiro atoms. The summed E-state index contributed by atoms with van der Waals surface area (Å²) in [7, 11) is 0. The molecule has 0 aliphatic rings. The van der Waals surface area contributed by atoms with E-state index in [1.165, 1.54) is 6.07 Å². The minimum absolute atomic E-state index is 0.0961. The van der Waals surface area contributed by atoms with Crippen LogP contribution in [0.2, 0.25) is 0 Å². The lowest BCUT2D eigenvalue weighted by Crippen LogP contribution is -2.00. The highest BCUT2D eigenvalue weighted by atomic mass is 79.9. The molecule has 0 heterocycles. The van der Waals surface area contributed by atoms with Gasteiger partial charge >= 0.3 is 5.69 Å². The summed E-state index contributed by atoms with van der Waals surface area (Å²) >= 11 is 3.26. The number of nitro groups is 1. The zero-order chi connectivity index (χ0) is 13.8. The Morgan fingerprint density at radius 3 is 2.63 bits per heavy atom. The van der Waals surface area contributed by atoms with Crippen LogP contribution in [0.5, 0.6) is 11.5 Å². The van der Waals surface area contributed by atoms with Gasteiger partial charge in [-0.25, -0.2) is 0 Å². The SMILES string of the molecule is NCc1ccccc1Oc1c(Br)cccc1[N+](=O)[O-]. The Morgan fingerprint density at radius 1 is 1.21 bits per heavy atom. The van der Waals surface area contributed by atoms with Crippen molar-refractivity contribution in [2.75, 3.05) is 0 Å². The normalized spacial score (nSPS) is 10.2. The average Bonchev–Trinajstić information content (AvgIpc) is 2.41. The van der Waals surface area contributed by atoms with E-state index in [4.69, 9.17) is 10.5 Å². The van der Waals surface area contributed by atoms with Gasteiger partial charge in [-0.1, -0.05) is 24.3 Å². The minimum Gasteiger partial charge on any atom is -0.449 e. The summed E-state index contributed by atoms with van der Waals surface area (Å²) in [4.78, 5) is 10.5. The number of hydrogen-bond donors (Lipinski definition) is 1. The lowest BCUT2D eigenvalue weighted by molar-refractivity contribution is -0.385. The molecule has 0 aliphatic carbocycles. The molecule has 0 aliphatic heterocycles. The fraction of sp³-hybridized carbons (Fsp3) is 0.0769. The first-order chi connectivity index (χ1) is 9.13. The van der Waals surface area contributed by atoms with Crippen LogP contribution in [0.15, 0.2) is 46.9 Å². The molecule has 98 valence electrons. The Morgan fingerprint density at radius 2 is 1.95 bits per heavy atom. The molecule has 2 aromatic rings. The van der Waals surface area contributed by atoms with E-state index in [1.54, 1.807) is 24.3 Å². The van der Waals surface area contributed by atoms with Crippen molar-refractivity contribution in [3.63, 3.8) is 0 Å². The Bertz CT molecular complexity index is 617. The lowest BCUT2D eigenvalue weighted by Gasteiger charge is -2.11. The minimum atomic E-state index is -0.481. The van der Waals surface area contributed by atoms with Crippen molar-refractivity contribution in [1.82, 2.24) is 0 Å². The van der Waals surface area contributed by atoms with Crippen LogP contribution < -0.4 is 10.5 Å². The first kappa shape index (κ1) is 13.5. The van der Waals surface area contributed by atoms with Gasteiger partial charge in [0.2, 0.25) is 5.75 Å². The molecule has 6 heteroatoms. The molecular weight excluding hydrogens is 312 g/mol. The van der Waals surface area contributed by atoms with Crippen molar-refractivity contribution in [2.24, 2.45) is 5.73 Å². The second-order valence-electron chi connectivity index (χ2n) is 3.76. The van der Waals surface area contributed by atoms with Gasteiger partial charge in [-0.05, 0) is 28.1 Å². The van der Waals surface area contributed by atoms with Crippen molar-refractivity contribution in [2.45, 2.75) is 6.54 Å². The number of hydrogen-bond acceptors (Lipinski definition) is 4. The number of halogens is 1. The van der Waals surface area contributed by atoms with Crippen molar-refractivity contribution in [3.8, 4) is 11.5 Å². The van der Waals surface area contributed by atoms with Crippen LogP contribution in [0.4, 0.5) is 5.69 Å². The van der Waals surface area contributed by atoms with E-state index in [1.807, 2.05) is 12.1 Å². The molecule has 0 bridgehead atoms. The maximum Gasteiger partial charge on any atom is 0.312 e. The molecule has 0 amide bonds. The Balaban J connectivity index is 2.46. The highest BCUT2D eigenvalue weighted by molar-refractivity contribution is 9.10. The summed E-state index contributed by atoms with van der Waals surface area (Å²) in [5, 5.41) is 11.0. The van der Waals surface area contributed by atoms with Crippen molar-refractivity contribution < 1.29 is 9.66 Å². The van der Waals surface area contributed by atoms with Crippen LogP contribution in [0, 0.1) is 10.1 Å². The predicted molar refractivity (Wildman–Crippen MR) is 75.2 cm³/mol. The topological polar surface area (TPSA) is 78.4 Å². The number of para-hydroxylation sites is 2. The van der Waals surface area contributed by atoms with Gasteiger partial charge in [0.1, 0.15) is 5.75 Å². The van der Waals surface area contributed by atoms with Crippen LogP contribution in [0.3, 0.4) is 0 Å². The summed E-state index contributed by atoms with van der Waals surface area (Å²) in [5.74, 6) is 0.688. The fourth-order valence-electron chi connectivity index (χ4n) is 1.62. The molecule has 2 N–H and O–H groups in total. The quantitative estimate of drug-likeness (QED) is 0.689. The molecule has 0 saturated carbocycles. The third-order valence-corrected chi connectivity index (χ3v) is 3.17. The summed E-state index contributed by atoms with van der Waals surface area (Å²) < 4.78 is 6.18. The predicted octanol–water partition coefficient (Wildman–Crippen LogP) is 3.61. The summed E-state index contributed by atoms with van der Waals surface area (Å²) in [6.07, 6.45) is 0. The highest BCUT2D eigenvalue weighted by Crippen LogP contribution is 2.38. The van der Waals surface area contributed by atoms with Gasteiger partial charge in [-0.15, -0.1) is 0 Å². The van der Waals surface area contributed by atoms with E-state index < -0.39 is 4.92 Å². The number of nitrogens with zero attached hydrogens (tertiary/aromatic N) is 1.